The zero-order chi connectivity index (χ0) is 30.3. The molecule has 2 heterocycles. The molecule has 0 spiro atoms. The van der Waals surface area contributed by atoms with Gasteiger partial charge in [0.2, 0.25) is 0 Å². The number of aliphatic hydroxyl groups is 1. The van der Waals surface area contributed by atoms with Gasteiger partial charge < -0.3 is 29.1 Å². The number of rotatable bonds is 12. The molecule has 2 aliphatic heterocycles. The third-order valence-corrected chi connectivity index (χ3v) is 7.57. The van der Waals surface area contributed by atoms with E-state index >= 15 is 0 Å². The largest absolute Gasteiger partial charge is 0.491 e. The summed E-state index contributed by atoms with van der Waals surface area (Å²) in [7, 11) is 0. The highest BCUT2D eigenvalue weighted by atomic mass is 19.4. The summed E-state index contributed by atoms with van der Waals surface area (Å²) in [5.74, 6) is -0.170. The molecule has 0 aromatic heterocycles. The van der Waals surface area contributed by atoms with E-state index < -0.39 is 37.0 Å². The number of aliphatic hydroxyl groups excluding tert-OH is 1. The first kappa shape index (κ1) is 31.6. The minimum absolute atomic E-state index is 0.0484. The fourth-order valence-corrected chi connectivity index (χ4v) is 5.28. The van der Waals surface area contributed by atoms with Gasteiger partial charge in [-0.25, -0.2) is 4.79 Å². The number of halogens is 3. The number of likely N-dealkylation sites (N-methyl/N-ethyl adjacent to an activating group) is 1. The fourth-order valence-electron chi connectivity index (χ4n) is 5.28. The number of benzene rings is 2. The van der Waals surface area contributed by atoms with Crippen LogP contribution in [0.25, 0.3) is 0 Å². The second-order valence-electron chi connectivity index (χ2n) is 10.4. The van der Waals surface area contributed by atoms with Crippen molar-refractivity contribution >= 4 is 17.7 Å². The van der Waals surface area contributed by atoms with E-state index in [0.717, 1.165) is 24.3 Å². The number of likely N-dealkylation sites (tertiary alicyclic amines) is 1. The van der Waals surface area contributed by atoms with Crippen LogP contribution in [0.2, 0.25) is 0 Å². The maximum Gasteiger partial charge on any atom is 0.414 e. The topological polar surface area (TPSA) is 91.8 Å². The number of carbonyl (C=O) groups excluding carboxylic acids is 2. The lowest BCUT2D eigenvalue weighted by atomic mass is 9.99. The van der Waals surface area contributed by atoms with Gasteiger partial charge in [-0.1, -0.05) is 44.2 Å². The Balaban J connectivity index is 1.40. The highest BCUT2D eigenvalue weighted by Gasteiger charge is 2.38. The number of hydrogen-bond acceptors (Lipinski definition) is 7. The molecule has 1 saturated heterocycles. The average Bonchev–Trinajstić information content (AvgIpc) is 2.99. The lowest BCUT2D eigenvalue weighted by Gasteiger charge is -2.40. The molecule has 0 saturated carbocycles. The molecule has 2 aliphatic rings. The van der Waals surface area contributed by atoms with E-state index in [0.29, 0.717) is 25.1 Å². The average molecular weight is 594 g/mol. The Kier molecular flexibility index (Phi) is 10.7. The molecule has 1 N–H and O–H groups in total. The molecule has 9 nitrogen and oxygen atoms in total. The number of cyclic esters (lactones) is 1. The number of carbonyl (C=O) groups is 2. The first-order chi connectivity index (χ1) is 20.1. The van der Waals surface area contributed by atoms with Crippen molar-refractivity contribution in [3.63, 3.8) is 0 Å². The number of nitrogens with zero attached hydrogens (tertiary/aromatic N) is 3. The Morgan fingerprint density at radius 3 is 2.40 bits per heavy atom. The molecule has 0 bridgehead atoms. The number of anilines is 1. The molecule has 0 aliphatic carbocycles. The molecule has 230 valence electrons. The molecule has 0 radical (unpaired) electrons. The maximum absolute atomic E-state index is 13.5. The maximum atomic E-state index is 13.5. The van der Waals surface area contributed by atoms with Gasteiger partial charge in [0, 0.05) is 31.2 Å². The van der Waals surface area contributed by atoms with E-state index in [1.807, 2.05) is 38.1 Å². The van der Waals surface area contributed by atoms with Crippen LogP contribution in [0.5, 0.6) is 5.75 Å². The number of fused-ring (bicyclic) bond motifs is 1. The Labute approximate surface area is 243 Å². The van der Waals surface area contributed by atoms with Crippen molar-refractivity contribution < 1.29 is 42.1 Å². The zero-order valence-electron chi connectivity index (χ0n) is 23.9. The van der Waals surface area contributed by atoms with Crippen molar-refractivity contribution in [2.45, 2.75) is 57.7 Å². The predicted octanol–water partition coefficient (Wildman–Crippen LogP) is 4.54. The van der Waals surface area contributed by atoms with Crippen LogP contribution in [-0.4, -0.2) is 91.2 Å². The normalized spacial score (nSPS) is 17.5. The van der Waals surface area contributed by atoms with Gasteiger partial charge in [0.1, 0.15) is 31.7 Å². The van der Waals surface area contributed by atoms with Crippen molar-refractivity contribution in [3.8, 4) is 5.75 Å². The summed E-state index contributed by atoms with van der Waals surface area (Å²) in [4.78, 5) is 31.2. The second-order valence-corrected chi connectivity index (χ2v) is 10.4. The van der Waals surface area contributed by atoms with Crippen LogP contribution in [0.4, 0.5) is 23.7 Å². The number of alkyl halides is 3. The van der Waals surface area contributed by atoms with Gasteiger partial charge in [-0.15, -0.1) is 0 Å². The number of ether oxygens (including phenoxy) is 3. The third kappa shape index (κ3) is 8.14. The quantitative estimate of drug-likeness (QED) is 0.387. The van der Waals surface area contributed by atoms with E-state index in [4.69, 9.17) is 14.2 Å². The van der Waals surface area contributed by atoms with Crippen molar-refractivity contribution in [1.29, 1.82) is 0 Å². The predicted molar refractivity (Wildman–Crippen MR) is 149 cm³/mol. The summed E-state index contributed by atoms with van der Waals surface area (Å²) < 4.78 is 55.4. The SMILES string of the molecule is CCN(CC)CC(O)COc1ccc(C(OCC(F)(F)F)C(=O)N2CCC(N3C(=O)OCc4ccccc43)CC2)cc1. The first-order valence-electron chi connectivity index (χ1n) is 14.2. The molecule has 2 unspecified atom stereocenters. The fraction of sp³-hybridized carbons (Fsp3) is 0.533. The summed E-state index contributed by atoms with van der Waals surface area (Å²) in [5.41, 5.74) is 1.92. The van der Waals surface area contributed by atoms with Gasteiger partial charge in [0.05, 0.1) is 5.69 Å². The summed E-state index contributed by atoms with van der Waals surface area (Å²) in [5, 5.41) is 10.2. The Morgan fingerprint density at radius 1 is 1.10 bits per heavy atom. The monoisotopic (exact) mass is 593 g/mol. The van der Waals surface area contributed by atoms with Crippen molar-refractivity contribution in [1.82, 2.24) is 9.80 Å². The molecule has 42 heavy (non-hydrogen) atoms. The first-order valence-corrected chi connectivity index (χ1v) is 14.2. The third-order valence-electron chi connectivity index (χ3n) is 7.57. The van der Waals surface area contributed by atoms with Crippen molar-refractivity contribution in [2.24, 2.45) is 0 Å². The summed E-state index contributed by atoms with van der Waals surface area (Å²) in [6, 6.07) is 13.3. The molecule has 2 aromatic carbocycles. The standard InChI is InChI=1S/C30H38F3N3O6/c1-3-34(4-2)17-24(37)19-40-25-11-9-21(10-12-25)27(42-20-30(31,32)33)28(38)35-15-13-23(14-16-35)36-26-8-6-5-7-22(26)18-41-29(36)39/h5-12,23-24,27,37H,3-4,13-20H2,1-2H3. The van der Waals surface area contributed by atoms with E-state index in [1.165, 1.54) is 17.0 Å². The minimum Gasteiger partial charge on any atom is -0.491 e. The van der Waals surface area contributed by atoms with Crippen LogP contribution in [0.3, 0.4) is 0 Å². The molecular weight excluding hydrogens is 555 g/mol. The van der Waals surface area contributed by atoms with E-state index in [2.05, 4.69) is 4.90 Å². The zero-order valence-corrected chi connectivity index (χ0v) is 23.9. The summed E-state index contributed by atoms with van der Waals surface area (Å²) in [6.07, 6.45) is -6.37. The van der Waals surface area contributed by atoms with E-state index in [-0.39, 0.29) is 37.9 Å². The van der Waals surface area contributed by atoms with Crippen LogP contribution in [0, 0.1) is 0 Å². The van der Waals surface area contributed by atoms with Crippen LogP contribution in [-0.2, 0) is 20.9 Å². The number of para-hydroxylation sites is 1. The van der Waals surface area contributed by atoms with Gasteiger partial charge in [-0.2, -0.15) is 13.2 Å². The van der Waals surface area contributed by atoms with Gasteiger partial charge in [0.25, 0.3) is 5.91 Å². The summed E-state index contributed by atoms with van der Waals surface area (Å²) >= 11 is 0. The second kappa shape index (κ2) is 14.2. The molecule has 4 rings (SSSR count). The Hall–Kier alpha value is -3.35. The van der Waals surface area contributed by atoms with Crippen molar-refractivity contribution in [3.05, 3.63) is 59.7 Å². The lowest BCUT2D eigenvalue weighted by molar-refractivity contribution is -0.191. The van der Waals surface area contributed by atoms with E-state index in [1.54, 1.807) is 17.0 Å². The Morgan fingerprint density at radius 2 is 1.76 bits per heavy atom. The summed E-state index contributed by atoms with van der Waals surface area (Å²) in [6.45, 7) is 5.20. The lowest BCUT2D eigenvalue weighted by Crippen LogP contribution is -2.51. The molecule has 1 fully saturated rings. The smallest absolute Gasteiger partial charge is 0.414 e. The van der Waals surface area contributed by atoms with Crippen molar-refractivity contribution in [2.75, 3.05) is 50.8 Å². The van der Waals surface area contributed by atoms with Gasteiger partial charge in [-0.3, -0.25) is 9.69 Å². The van der Waals surface area contributed by atoms with Gasteiger partial charge in [0.15, 0.2) is 6.10 Å². The highest BCUT2D eigenvalue weighted by Crippen LogP contribution is 2.33. The number of amides is 2. The van der Waals surface area contributed by atoms with Gasteiger partial charge >= 0.3 is 12.3 Å². The van der Waals surface area contributed by atoms with Crippen LogP contribution in [0.1, 0.15) is 43.9 Å². The highest BCUT2D eigenvalue weighted by molar-refractivity contribution is 5.91. The molecule has 12 heteroatoms. The number of hydrogen-bond donors (Lipinski definition) is 1. The van der Waals surface area contributed by atoms with E-state index in [9.17, 15) is 27.9 Å². The minimum atomic E-state index is -4.61. The van der Waals surface area contributed by atoms with Crippen LogP contribution >= 0.6 is 0 Å². The van der Waals surface area contributed by atoms with Gasteiger partial charge in [-0.05, 0) is 49.7 Å². The molecule has 2 atom stereocenters. The molecule has 2 amide bonds. The van der Waals surface area contributed by atoms with Crippen LogP contribution < -0.4 is 9.64 Å². The van der Waals surface area contributed by atoms with Crippen LogP contribution in [0.15, 0.2) is 48.5 Å². The molecule has 2 aromatic rings. The molecular formula is C30H38F3N3O6. The number of piperidine rings is 1. The Bertz CT molecular complexity index is 1180.